The standard InChI is InChI=1S/C19H26N2O4S/c1-4-21(15-7-8-26(24,25)11-15)19(23)17-10-16(17)18(22)20-14-6-5-12(2)13(3)9-14/h5-6,9,15-17H,4,7-8,10-11H2,1-3H3,(H,20,22). The van der Waals surface area contributed by atoms with Crippen LogP contribution in [-0.2, 0) is 19.4 Å². The molecule has 3 atom stereocenters. The van der Waals surface area contributed by atoms with Gasteiger partial charge in [0.1, 0.15) is 0 Å². The van der Waals surface area contributed by atoms with E-state index in [0.29, 0.717) is 19.4 Å². The van der Waals surface area contributed by atoms with Crippen molar-refractivity contribution < 1.29 is 18.0 Å². The Bertz CT molecular complexity index is 834. The molecule has 1 aromatic carbocycles. The second-order valence-corrected chi connectivity index (χ2v) is 9.65. The Hall–Kier alpha value is -1.89. The van der Waals surface area contributed by atoms with Crippen molar-refractivity contribution in [1.29, 1.82) is 0 Å². The van der Waals surface area contributed by atoms with Gasteiger partial charge in [0.25, 0.3) is 0 Å². The summed E-state index contributed by atoms with van der Waals surface area (Å²) >= 11 is 0. The van der Waals surface area contributed by atoms with Gasteiger partial charge in [-0.05, 0) is 56.9 Å². The summed E-state index contributed by atoms with van der Waals surface area (Å²) < 4.78 is 23.4. The predicted octanol–water partition coefficient (Wildman–Crippen LogP) is 1.91. The molecule has 142 valence electrons. The molecule has 1 saturated heterocycles. The van der Waals surface area contributed by atoms with Crippen LogP contribution in [0.15, 0.2) is 18.2 Å². The lowest BCUT2D eigenvalue weighted by Gasteiger charge is -2.27. The Morgan fingerprint density at radius 3 is 2.50 bits per heavy atom. The molecule has 6 nitrogen and oxygen atoms in total. The van der Waals surface area contributed by atoms with Crippen molar-refractivity contribution in [3.63, 3.8) is 0 Å². The van der Waals surface area contributed by atoms with Gasteiger partial charge in [-0.1, -0.05) is 6.07 Å². The number of hydrogen-bond donors (Lipinski definition) is 1. The minimum absolute atomic E-state index is 0.0405. The highest BCUT2D eigenvalue weighted by atomic mass is 32.2. The highest BCUT2D eigenvalue weighted by molar-refractivity contribution is 7.91. The molecule has 0 aromatic heterocycles. The van der Waals surface area contributed by atoms with E-state index in [1.54, 1.807) is 4.90 Å². The van der Waals surface area contributed by atoms with Gasteiger partial charge < -0.3 is 10.2 Å². The molecule has 3 rings (SSSR count). The zero-order valence-electron chi connectivity index (χ0n) is 15.5. The van der Waals surface area contributed by atoms with Crippen LogP contribution < -0.4 is 5.32 Å². The first-order valence-corrected chi connectivity index (χ1v) is 10.9. The van der Waals surface area contributed by atoms with Crippen LogP contribution in [0.4, 0.5) is 5.69 Å². The largest absolute Gasteiger partial charge is 0.339 e. The fourth-order valence-electron chi connectivity index (χ4n) is 3.64. The van der Waals surface area contributed by atoms with Gasteiger partial charge in [-0.2, -0.15) is 0 Å². The summed E-state index contributed by atoms with van der Waals surface area (Å²) in [5.74, 6) is -0.695. The maximum Gasteiger partial charge on any atom is 0.228 e. The van der Waals surface area contributed by atoms with Crippen LogP contribution in [0, 0.1) is 25.7 Å². The van der Waals surface area contributed by atoms with Gasteiger partial charge in [0.05, 0.1) is 23.3 Å². The van der Waals surface area contributed by atoms with E-state index in [4.69, 9.17) is 0 Å². The lowest BCUT2D eigenvalue weighted by Crippen LogP contribution is -2.42. The summed E-state index contributed by atoms with van der Waals surface area (Å²) in [6.45, 7) is 6.33. The third-order valence-corrected chi connectivity index (χ3v) is 7.24. The van der Waals surface area contributed by atoms with Crippen molar-refractivity contribution in [3.05, 3.63) is 29.3 Å². The molecule has 1 aromatic rings. The topological polar surface area (TPSA) is 83.6 Å². The van der Waals surface area contributed by atoms with Gasteiger partial charge >= 0.3 is 0 Å². The molecule has 1 N–H and O–H groups in total. The highest BCUT2D eigenvalue weighted by Crippen LogP contribution is 2.41. The maximum atomic E-state index is 12.8. The van der Waals surface area contributed by atoms with Crippen molar-refractivity contribution >= 4 is 27.3 Å². The number of carbonyl (C=O) groups is 2. The van der Waals surface area contributed by atoms with Crippen LogP contribution >= 0.6 is 0 Å². The minimum atomic E-state index is -3.04. The third-order valence-electron chi connectivity index (χ3n) is 5.49. The van der Waals surface area contributed by atoms with Gasteiger partial charge in [-0.25, -0.2) is 8.42 Å². The van der Waals surface area contributed by atoms with E-state index < -0.39 is 9.84 Å². The molecule has 0 spiro atoms. The van der Waals surface area contributed by atoms with Gasteiger partial charge in [0.2, 0.25) is 11.8 Å². The lowest BCUT2D eigenvalue weighted by atomic mass is 10.1. The Balaban J connectivity index is 1.60. The number of amides is 2. The Morgan fingerprint density at radius 2 is 1.92 bits per heavy atom. The predicted molar refractivity (Wildman–Crippen MR) is 101 cm³/mol. The van der Waals surface area contributed by atoms with Crippen LogP contribution in [0.1, 0.15) is 30.9 Å². The monoisotopic (exact) mass is 378 g/mol. The zero-order chi connectivity index (χ0) is 19.1. The summed E-state index contributed by atoms with van der Waals surface area (Å²) in [4.78, 5) is 26.8. The van der Waals surface area contributed by atoms with E-state index in [-0.39, 0.29) is 41.2 Å². The zero-order valence-corrected chi connectivity index (χ0v) is 16.3. The Labute approximate surface area is 154 Å². The molecule has 7 heteroatoms. The summed E-state index contributed by atoms with van der Waals surface area (Å²) in [7, 11) is -3.04. The molecule has 0 radical (unpaired) electrons. The number of benzene rings is 1. The minimum Gasteiger partial charge on any atom is -0.339 e. The number of aryl methyl sites for hydroxylation is 2. The van der Waals surface area contributed by atoms with Crippen LogP contribution in [0.3, 0.4) is 0 Å². The van der Waals surface area contributed by atoms with E-state index in [2.05, 4.69) is 5.32 Å². The van der Waals surface area contributed by atoms with Crippen LogP contribution in [0.5, 0.6) is 0 Å². The van der Waals surface area contributed by atoms with Gasteiger partial charge in [0, 0.05) is 18.3 Å². The van der Waals surface area contributed by atoms with E-state index in [0.717, 1.165) is 16.8 Å². The Morgan fingerprint density at radius 1 is 1.19 bits per heavy atom. The van der Waals surface area contributed by atoms with Crippen LogP contribution in [-0.4, -0.2) is 49.2 Å². The number of nitrogens with zero attached hydrogens (tertiary/aromatic N) is 1. The molecule has 2 fully saturated rings. The summed E-state index contributed by atoms with van der Waals surface area (Å²) in [5.41, 5.74) is 3.00. The van der Waals surface area contributed by atoms with Gasteiger partial charge in [-0.15, -0.1) is 0 Å². The maximum absolute atomic E-state index is 12.8. The summed E-state index contributed by atoms with van der Waals surface area (Å²) in [6, 6.07) is 5.50. The first-order valence-electron chi connectivity index (χ1n) is 9.11. The number of carbonyl (C=O) groups excluding carboxylic acids is 2. The molecule has 3 unspecified atom stereocenters. The van der Waals surface area contributed by atoms with Gasteiger partial charge in [-0.3, -0.25) is 9.59 Å². The molecule has 1 aliphatic heterocycles. The average molecular weight is 378 g/mol. The lowest BCUT2D eigenvalue weighted by molar-refractivity contribution is -0.135. The van der Waals surface area contributed by atoms with Gasteiger partial charge in [0.15, 0.2) is 9.84 Å². The van der Waals surface area contributed by atoms with E-state index >= 15 is 0 Å². The second-order valence-electron chi connectivity index (χ2n) is 7.42. The van der Waals surface area contributed by atoms with E-state index in [9.17, 15) is 18.0 Å². The fourth-order valence-corrected chi connectivity index (χ4v) is 5.37. The van der Waals surface area contributed by atoms with Crippen molar-refractivity contribution in [2.75, 3.05) is 23.4 Å². The molecule has 26 heavy (non-hydrogen) atoms. The number of sulfone groups is 1. The van der Waals surface area contributed by atoms with Crippen LogP contribution in [0.2, 0.25) is 0 Å². The number of nitrogens with one attached hydrogen (secondary N) is 1. The summed E-state index contributed by atoms with van der Waals surface area (Å²) in [6.07, 6.45) is 1.03. The smallest absolute Gasteiger partial charge is 0.228 e. The molecule has 0 bridgehead atoms. The van der Waals surface area contributed by atoms with Crippen molar-refractivity contribution in [1.82, 2.24) is 4.90 Å². The van der Waals surface area contributed by atoms with Crippen molar-refractivity contribution in [3.8, 4) is 0 Å². The Kier molecular flexibility index (Phi) is 5.10. The SMILES string of the molecule is CCN(C(=O)C1CC1C(=O)Nc1ccc(C)c(C)c1)C1CCS(=O)(=O)C1. The normalized spacial score (nSPS) is 26.3. The second kappa shape index (κ2) is 7.02. The number of hydrogen-bond acceptors (Lipinski definition) is 4. The highest BCUT2D eigenvalue weighted by Gasteiger charge is 2.50. The molecule has 1 aliphatic carbocycles. The van der Waals surface area contributed by atoms with E-state index in [1.807, 2.05) is 39.0 Å². The molecular formula is C19H26N2O4S. The van der Waals surface area contributed by atoms with Crippen LogP contribution in [0.25, 0.3) is 0 Å². The average Bonchev–Trinajstić information content (AvgIpc) is 3.30. The molecule has 2 aliphatic rings. The molecular weight excluding hydrogens is 352 g/mol. The van der Waals surface area contributed by atoms with E-state index in [1.165, 1.54) is 0 Å². The quantitative estimate of drug-likeness (QED) is 0.848. The first-order chi connectivity index (χ1) is 12.2. The molecule has 2 amide bonds. The summed E-state index contributed by atoms with van der Waals surface area (Å²) in [5, 5.41) is 2.89. The fraction of sp³-hybridized carbons (Fsp3) is 0.579. The van der Waals surface area contributed by atoms with Crippen molar-refractivity contribution in [2.45, 2.75) is 39.7 Å². The molecule has 1 saturated carbocycles. The third kappa shape index (κ3) is 3.92. The number of rotatable bonds is 5. The first kappa shape index (κ1) is 18.9. The number of anilines is 1. The molecule has 1 heterocycles. The van der Waals surface area contributed by atoms with Crippen molar-refractivity contribution in [2.24, 2.45) is 11.8 Å².